The number of anilines is 1. The molecule has 2 aliphatic heterocycles. The molecule has 8 nitrogen and oxygen atoms in total. The van der Waals surface area contributed by atoms with Crippen LogP contribution in [0, 0.1) is 0 Å². The molecule has 31 heavy (non-hydrogen) atoms. The molecule has 1 aromatic heterocycles. The number of hydrogen-bond donors (Lipinski definition) is 1. The first-order valence-electron chi connectivity index (χ1n) is 10.7. The summed E-state index contributed by atoms with van der Waals surface area (Å²) >= 11 is 0. The minimum Gasteiger partial charge on any atom is -0.496 e. The van der Waals surface area contributed by atoms with Crippen molar-refractivity contribution >= 4 is 17.6 Å². The van der Waals surface area contributed by atoms with Gasteiger partial charge < -0.3 is 24.6 Å². The minimum absolute atomic E-state index is 0.0485. The number of amides is 2. The van der Waals surface area contributed by atoms with E-state index in [0.717, 1.165) is 19.4 Å². The Hall–Kier alpha value is -3.13. The maximum atomic E-state index is 12.9. The molecule has 0 spiro atoms. The largest absolute Gasteiger partial charge is 0.496 e. The number of methoxy groups -OCH3 is 1. The van der Waals surface area contributed by atoms with Gasteiger partial charge in [0.15, 0.2) is 0 Å². The molecule has 2 saturated heterocycles. The molecule has 0 saturated carbocycles. The van der Waals surface area contributed by atoms with Crippen LogP contribution in [0.15, 0.2) is 42.6 Å². The van der Waals surface area contributed by atoms with Crippen LogP contribution in [-0.2, 0) is 4.74 Å². The first-order chi connectivity index (χ1) is 15.2. The van der Waals surface area contributed by atoms with E-state index in [4.69, 9.17) is 9.47 Å². The van der Waals surface area contributed by atoms with Gasteiger partial charge in [0.25, 0.3) is 11.8 Å². The maximum absolute atomic E-state index is 12.9. The van der Waals surface area contributed by atoms with Gasteiger partial charge >= 0.3 is 0 Å². The molecule has 0 radical (unpaired) electrons. The van der Waals surface area contributed by atoms with Crippen molar-refractivity contribution in [2.24, 2.45) is 0 Å². The summed E-state index contributed by atoms with van der Waals surface area (Å²) in [6.45, 7) is 3.56. The summed E-state index contributed by atoms with van der Waals surface area (Å²) in [7, 11) is 1.57. The number of pyridine rings is 1. The van der Waals surface area contributed by atoms with E-state index in [1.165, 1.54) is 0 Å². The van der Waals surface area contributed by atoms with Gasteiger partial charge in [-0.2, -0.15) is 0 Å². The quantitative estimate of drug-likeness (QED) is 0.763. The van der Waals surface area contributed by atoms with E-state index in [9.17, 15) is 9.59 Å². The average Bonchev–Trinajstić information content (AvgIpc) is 3.36. The maximum Gasteiger partial charge on any atom is 0.257 e. The number of carbonyl (C=O) groups excluding carboxylic acids is 2. The van der Waals surface area contributed by atoms with Gasteiger partial charge in [-0.1, -0.05) is 12.1 Å². The fourth-order valence-corrected chi connectivity index (χ4v) is 4.05. The number of benzene rings is 1. The standard InChI is InChI=1S/C23H28N4O4/c1-30-20-9-3-2-7-18(20)23(29)27-13-11-26(12-14-27)21-19(8-4-10-24-21)22(28)25-16-17-6-5-15-31-17/h2-4,7-10,17H,5-6,11-16H2,1H3,(H,25,28). The third-order valence-electron chi connectivity index (χ3n) is 5.75. The van der Waals surface area contributed by atoms with Gasteiger partial charge in [-0.05, 0) is 37.1 Å². The molecule has 0 aliphatic carbocycles. The zero-order valence-electron chi connectivity index (χ0n) is 17.8. The van der Waals surface area contributed by atoms with Crippen molar-refractivity contribution in [1.82, 2.24) is 15.2 Å². The summed E-state index contributed by atoms with van der Waals surface area (Å²) in [4.78, 5) is 34.1. The van der Waals surface area contributed by atoms with Crippen LogP contribution < -0.4 is 15.0 Å². The van der Waals surface area contributed by atoms with Crippen LogP contribution in [0.2, 0.25) is 0 Å². The molecule has 1 atom stereocenters. The van der Waals surface area contributed by atoms with Gasteiger partial charge in [-0.25, -0.2) is 4.98 Å². The molecule has 1 unspecified atom stereocenters. The molecule has 4 rings (SSSR count). The van der Waals surface area contributed by atoms with Crippen molar-refractivity contribution in [3.05, 3.63) is 53.7 Å². The topological polar surface area (TPSA) is 84.0 Å². The number of nitrogens with one attached hydrogen (secondary N) is 1. The summed E-state index contributed by atoms with van der Waals surface area (Å²) < 4.78 is 10.9. The van der Waals surface area contributed by atoms with Gasteiger partial charge in [-0.3, -0.25) is 9.59 Å². The van der Waals surface area contributed by atoms with E-state index in [-0.39, 0.29) is 17.9 Å². The van der Waals surface area contributed by atoms with E-state index < -0.39 is 0 Å². The molecule has 8 heteroatoms. The van der Waals surface area contributed by atoms with Crippen LogP contribution in [-0.4, -0.2) is 74.2 Å². The lowest BCUT2D eigenvalue weighted by Gasteiger charge is -2.36. The lowest BCUT2D eigenvalue weighted by atomic mass is 10.1. The van der Waals surface area contributed by atoms with Gasteiger partial charge in [0.1, 0.15) is 11.6 Å². The van der Waals surface area contributed by atoms with Gasteiger partial charge in [0.05, 0.1) is 24.3 Å². The van der Waals surface area contributed by atoms with E-state index in [1.807, 2.05) is 17.0 Å². The molecule has 3 heterocycles. The van der Waals surface area contributed by atoms with Crippen LogP contribution in [0.25, 0.3) is 0 Å². The fourth-order valence-electron chi connectivity index (χ4n) is 4.05. The van der Waals surface area contributed by atoms with Gasteiger partial charge in [-0.15, -0.1) is 0 Å². The number of ether oxygens (including phenoxy) is 2. The second-order valence-electron chi connectivity index (χ2n) is 7.70. The molecule has 2 aliphatic rings. The SMILES string of the molecule is COc1ccccc1C(=O)N1CCN(c2ncccc2C(=O)NCC2CCCO2)CC1. The molecule has 1 N–H and O–H groups in total. The molecule has 1 aromatic carbocycles. The van der Waals surface area contributed by atoms with Crippen LogP contribution in [0.3, 0.4) is 0 Å². The number of para-hydroxylation sites is 1. The van der Waals surface area contributed by atoms with Crippen LogP contribution in [0.1, 0.15) is 33.6 Å². The first-order valence-corrected chi connectivity index (χ1v) is 10.7. The summed E-state index contributed by atoms with van der Waals surface area (Å²) in [5, 5.41) is 2.97. The Morgan fingerprint density at radius 3 is 2.65 bits per heavy atom. The van der Waals surface area contributed by atoms with Crippen molar-refractivity contribution in [3.8, 4) is 5.75 Å². The number of aromatic nitrogens is 1. The molecule has 164 valence electrons. The Morgan fingerprint density at radius 1 is 1.13 bits per heavy atom. The Kier molecular flexibility index (Phi) is 6.66. The number of nitrogens with zero attached hydrogens (tertiary/aromatic N) is 3. The lowest BCUT2D eigenvalue weighted by molar-refractivity contribution is 0.0742. The third kappa shape index (κ3) is 4.80. The Balaban J connectivity index is 1.39. The second kappa shape index (κ2) is 9.78. The smallest absolute Gasteiger partial charge is 0.257 e. The monoisotopic (exact) mass is 424 g/mol. The Labute approximate surface area is 182 Å². The van der Waals surface area contributed by atoms with Crippen LogP contribution in [0.5, 0.6) is 5.75 Å². The predicted octanol–water partition coefficient (Wildman–Crippen LogP) is 1.96. The number of rotatable bonds is 6. The van der Waals surface area contributed by atoms with E-state index >= 15 is 0 Å². The summed E-state index contributed by atoms with van der Waals surface area (Å²) in [5.41, 5.74) is 1.11. The summed E-state index contributed by atoms with van der Waals surface area (Å²) in [6, 6.07) is 10.8. The third-order valence-corrected chi connectivity index (χ3v) is 5.75. The lowest BCUT2D eigenvalue weighted by Crippen LogP contribution is -2.49. The minimum atomic E-state index is -0.147. The summed E-state index contributed by atoms with van der Waals surface area (Å²) in [6.07, 6.45) is 3.80. The van der Waals surface area contributed by atoms with Crippen LogP contribution in [0.4, 0.5) is 5.82 Å². The Bertz CT molecular complexity index is 921. The average molecular weight is 425 g/mol. The zero-order chi connectivity index (χ0) is 21.6. The summed E-state index contributed by atoms with van der Waals surface area (Å²) in [5.74, 6) is 1.03. The molecule has 2 amide bonds. The zero-order valence-corrected chi connectivity index (χ0v) is 17.8. The Morgan fingerprint density at radius 2 is 1.90 bits per heavy atom. The van der Waals surface area contributed by atoms with Crippen molar-refractivity contribution in [3.63, 3.8) is 0 Å². The highest BCUT2D eigenvalue weighted by atomic mass is 16.5. The molecule has 2 fully saturated rings. The first kappa shape index (κ1) is 21.1. The van der Waals surface area contributed by atoms with Crippen molar-refractivity contribution < 1.29 is 19.1 Å². The van der Waals surface area contributed by atoms with Crippen molar-refractivity contribution in [2.75, 3.05) is 51.3 Å². The van der Waals surface area contributed by atoms with Crippen molar-refractivity contribution in [1.29, 1.82) is 0 Å². The molecular formula is C23H28N4O4. The van der Waals surface area contributed by atoms with E-state index in [1.54, 1.807) is 37.6 Å². The normalized spacial score (nSPS) is 18.7. The molecular weight excluding hydrogens is 396 g/mol. The number of piperazine rings is 1. The predicted molar refractivity (Wildman–Crippen MR) is 117 cm³/mol. The number of hydrogen-bond acceptors (Lipinski definition) is 6. The van der Waals surface area contributed by atoms with Gasteiger partial charge in [0, 0.05) is 45.5 Å². The molecule has 0 bridgehead atoms. The van der Waals surface area contributed by atoms with Crippen molar-refractivity contribution in [2.45, 2.75) is 18.9 Å². The highest BCUT2D eigenvalue weighted by Crippen LogP contribution is 2.23. The second-order valence-corrected chi connectivity index (χ2v) is 7.70. The molecule has 2 aromatic rings. The van der Waals surface area contributed by atoms with Gasteiger partial charge in [0.2, 0.25) is 0 Å². The van der Waals surface area contributed by atoms with E-state index in [2.05, 4.69) is 15.2 Å². The highest BCUT2D eigenvalue weighted by Gasteiger charge is 2.27. The number of carbonyl (C=O) groups is 2. The van der Waals surface area contributed by atoms with Crippen LogP contribution >= 0.6 is 0 Å². The van der Waals surface area contributed by atoms with E-state index in [0.29, 0.717) is 55.4 Å². The highest BCUT2D eigenvalue weighted by molar-refractivity contribution is 5.99. The fraction of sp³-hybridized carbons (Fsp3) is 0.435.